The predicted molar refractivity (Wildman–Crippen MR) is 192 cm³/mol. The number of hydrogen-bond acceptors (Lipinski definition) is 9. The monoisotopic (exact) mass is 702 g/mol. The number of rotatable bonds is 12. The van der Waals surface area contributed by atoms with Crippen LogP contribution in [0.5, 0.6) is 17.4 Å². The number of fused-ring (bicyclic) bond motifs is 1. The number of para-hydroxylation sites is 1. The van der Waals surface area contributed by atoms with E-state index in [1.54, 1.807) is 36.4 Å². The van der Waals surface area contributed by atoms with Crippen LogP contribution < -0.4 is 14.2 Å². The van der Waals surface area contributed by atoms with Gasteiger partial charge in [-0.2, -0.15) is 0 Å². The second-order valence-corrected chi connectivity index (χ2v) is 13.2. The normalized spacial score (nSPS) is 14.5. The van der Waals surface area contributed by atoms with Crippen LogP contribution >= 0.6 is 22.9 Å². The molecule has 1 unspecified atom stereocenters. The summed E-state index contributed by atoms with van der Waals surface area (Å²) in [7, 11) is 3.63. The van der Waals surface area contributed by atoms with Crippen LogP contribution in [0.4, 0.5) is 4.39 Å². The molecule has 0 amide bonds. The summed E-state index contributed by atoms with van der Waals surface area (Å²) in [5.41, 5.74) is 3.58. The first kappa shape index (κ1) is 34.3. The number of carboxylic acid groups (broad SMARTS) is 1. The van der Waals surface area contributed by atoms with Crippen molar-refractivity contribution in [3.63, 3.8) is 0 Å². The summed E-state index contributed by atoms with van der Waals surface area (Å²) in [6.45, 7) is 11.3. The van der Waals surface area contributed by atoms with Gasteiger partial charge in [0.15, 0.2) is 0 Å². The van der Waals surface area contributed by atoms with Gasteiger partial charge in [0.25, 0.3) is 0 Å². The van der Waals surface area contributed by atoms with E-state index in [4.69, 9.17) is 25.8 Å². The first-order chi connectivity index (χ1) is 23.7. The van der Waals surface area contributed by atoms with Crippen molar-refractivity contribution in [2.75, 3.05) is 53.5 Å². The second-order valence-electron chi connectivity index (χ2n) is 11.8. The van der Waals surface area contributed by atoms with Crippen molar-refractivity contribution >= 4 is 44.7 Å². The molecule has 1 atom stereocenters. The minimum atomic E-state index is -1.50. The van der Waals surface area contributed by atoms with Crippen molar-refractivity contribution in [3.8, 4) is 38.9 Å². The molecule has 3 heterocycles. The zero-order valence-electron chi connectivity index (χ0n) is 27.4. The Morgan fingerprint density at radius 2 is 1.80 bits per heavy atom. The third kappa shape index (κ3) is 7.25. The van der Waals surface area contributed by atoms with E-state index < -0.39 is 12.1 Å². The molecule has 0 radical (unpaired) electrons. The SMILES string of the molecule is C=C(c1ccccc1OC)C(Oc1ncnc2sc(-c3ccc(F)cc3)c(-c3ccc(OCCN4CCN(C)CC4)c(Cl)c3C)c12)C(=O)O. The van der Waals surface area contributed by atoms with Gasteiger partial charge in [0.2, 0.25) is 12.0 Å². The van der Waals surface area contributed by atoms with Gasteiger partial charge in [-0.05, 0) is 54.9 Å². The van der Waals surface area contributed by atoms with Crippen LogP contribution in [0.1, 0.15) is 11.1 Å². The average Bonchev–Trinajstić information content (AvgIpc) is 3.50. The van der Waals surface area contributed by atoms with Gasteiger partial charge in [-0.3, -0.25) is 4.90 Å². The molecule has 1 fully saturated rings. The lowest BCUT2D eigenvalue weighted by Gasteiger charge is -2.32. The van der Waals surface area contributed by atoms with Gasteiger partial charge in [0.05, 0.1) is 17.5 Å². The quantitative estimate of drug-likeness (QED) is 0.144. The number of carbonyl (C=O) groups is 1. The lowest BCUT2D eigenvalue weighted by atomic mass is 9.95. The maximum Gasteiger partial charge on any atom is 0.349 e. The van der Waals surface area contributed by atoms with Crippen molar-refractivity contribution in [2.24, 2.45) is 0 Å². The van der Waals surface area contributed by atoms with Crippen LogP contribution in [-0.4, -0.2) is 90.4 Å². The number of halogens is 2. The van der Waals surface area contributed by atoms with E-state index in [9.17, 15) is 14.3 Å². The second kappa shape index (κ2) is 14.9. The molecule has 5 aromatic rings. The van der Waals surface area contributed by atoms with Gasteiger partial charge in [-0.1, -0.05) is 54.6 Å². The highest BCUT2D eigenvalue weighted by Crippen LogP contribution is 2.49. The topological polar surface area (TPSA) is 97.3 Å². The highest BCUT2D eigenvalue weighted by molar-refractivity contribution is 7.22. The molecule has 49 heavy (non-hydrogen) atoms. The van der Waals surface area contributed by atoms with Crippen LogP contribution in [-0.2, 0) is 4.79 Å². The maximum atomic E-state index is 14.0. The smallest absolute Gasteiger partial charge is 0.349 e. The molecule has 0 aliphatic carbocycles. The standard InChI is InChI=1S/C37H36ClFN4O5S/c1-22-27(13-14-29(32(22)38)47-20-19-43-17-15-42(3)16-18-43)30-31-35(40-21-41-36(31)49-34(30)24-9-11-25(39)12-10-24)48-33(37(44)45)23(2)26-7-5-6-8-28(26)46-4/h5-14,21,33H,2,15-20H2,1,3-4H3,(H,44,45). The van der Waals surface area contributed by atoms with Gasteiger partial charge in [0.1, 0.15) is 35.1 Å². The Hall–Kier alpha value is -4.55. The Labute approximate surface area is 293 Å². The number of aromatic nitrogens is 2. The minimum absolute atomic E-state index is 0.0519. The van der Waals surface area contributed by atoms with E-state index in [-0.39, 0.29) is 17.3 Å². The number of aliphatic carboxylic acids is 1. The number of carboxylic acids is 1. The van der Waals surface area contributed by atoms with E-state index in [2.05, 4.69) is 33.4 Å². The molecule has 2 aromatic heterocycles. The molecule has 12 heteroatoms. The average molecular weight is 703 g/mol. The first-order valence-electron chi connectivity index (χ1n) is 15.7. The molecule has 0 bridgehead atoms. The van der Waals surface area contributed by atoms with Gasteiger partial charge in [-0.25, -0.2) is 19.2 Å². The third-order valence-electron chi connectivity index (χ3n) is 8.66. The van der Waals surface area contributed by atoms with Crippen LogP contribution in [0.2, 0.25) is 5.02 Å². The number of thiophene rings is 1. The molecule has 0 saturated carbocycles. The van der Waals surface area contributed by atoms with E-state index >= 15 is 0 Å². The zero-order chi connectivity index (χ0) is 34.7. The fraction of sp³-hybridized carbons (Fsp3) is 0.270. The van der Waals surface area contributed by atoms with Crippen LogP contribution in [0, 0.1) is 12.7 Å². The summed E-state index contributed by atoms with van der Waals surface area (Å²) in [4.78, 5) is 27.6. The number of benzene rings is 3. The van der Waals surface area contributed by atoms with E-state index in [1.165, 1.54) is 36.9 Å². The third-order valence-corrected chi connectivity index (χ3v) is 10.3. The van der Waals surface area contributed by atoms with E-state index in [1.807, 2.05) is 19.1 Å². The van der Waals surface area contributed by atoms with Gasteiger partial charge in [0, 0.05) is 54.3 Å². The Morgan fingerprint density at radius 1 is 1.06 bits per heavy atom. The lowest BCUT2D eigenvalue weighted by Crippen LogP contribution is -2.45. The Morgan fingerprint density at radius 3 is 2.51 bits per heavy atom. The van der Waals surface area contributed by atoms with Crippen molar-refractivity contribution in [3.05, 3.63) is 95.5 Å². The van der Waals surface area contributed by atoms with Crippen molar-refractivity contribution in [2.45, 2.75) is 13.0 Å². The van der Waals surface area contributed by atoms with Crippen LogP contribution in [0.25, 0.3) is 37.4 Å². The maximum absolute atomic E-state index is 14.0. The summed E-state index contributed by atoms with van der Waals surface area (Å²) < 4.78 is 31.9. The van der Waals surface area contributed by atoms with E-state index in [0.29, 0.717) is 44.5 Å². The summed E-state index contributed by atoms with van der Waals surface area (Å²) in [6, 6.07) is 16.9. The molecule has 1 aliphatic heterocycles. The first-order valence-corrected chi connectivity index (χ1v) is 16.9. The molecular formula is C37H36ClFN4O5S. The molecule has 1 saturated heterocycles. The Bertz CT molecular complexity index is 2000. The number of nitrogens with zero attached hydrogens (tertiary/aromatic N) is 4. The van der Waals surface area contributed by atoms with Crippen LogP contribution in [0.3, 0.4) is 0 Å². The summed E-state index contributed by atoms with van der Waals surface area (Å²) >= 11 is 8.33. The molecule has 254 valence electrons. The van der Waals surface area contributed by atoms with Gasteiger partial charge >= 0.3 is 5.97 Å². The fourth-order valence-electron chi connectivity index (χ4n) is 5.89. The molecule has 3 aromatic carbocycles. The number of likely N-dealkylation sites (N-methyl/N-ethyl adjacent to an activating group) is 1. The Kier molecular flexibility index (Phi) is 10.4. The zero-order valence-corrected chi connectivity index (χ0v) is 29.0. The summed E-state index contributed by atoms with van der Waals surface area (Å²) in [5, 5.41) is 11.3. The summed E-state index contributed by atoms with van der Waals surface area (Å²) in [6.07, 6.45) is -0.175. The number of methoxy groups -OCH3 is 1. The molecule has 1 aliphatic rings. The molecule has 6 rings (SSSR count). The lowest BCUT2D eigenvalue weighted by molar-refractivity contribution is -0.142. The van der Waals surface area contributed by atoms with Crippen molar-refractivity contribution in [1.29, 1.82) is 0 Å². The predicted octanol–water partition coefficient (Wildman–Crippen LogP) is 7.31. The molecule has 9 nitrogen and oxygen atoms in total. The molecule has 1 N–H and O–H groups in total. The highest BCUT2D eigenvalue weighted by Gasteiger charge is 2.30. The Balaban J connectivity index is 1.41. The number of ether oxygens (including phenoxy) is 3. The summed E-state index contributed by atoms with van der Waals surface area (Å²) in [5.74, 6) is -0.550. The number of hydrogen-bond donors (Lipinski definition) is 1. The highest BCUT2D eigenvalue weighted by atomic mass is 35.5. The van der Waals surface area contributed by atoms with Crippen molar-refractivity contribution in [1.82, 2.24) is 19.8 Å². The van der Waals surface area contributed by atoms with Crippen LogP contribution in [0.15, 0.2) is 73.6 Å². The van der Waals surface area contributed by atoms with Crippen molar-refractivity contribution < 1.29 is 28.5 Å². The van der Waals surface area contributed by atoms with Gasteiger partial charge in [-0.15, -0.1) is 11.3 Å². The largest absolute Gasteiger partial charge is 0.496 e. The number of piperazine rings is 1. The van der Waals surface area contributed by atoms with E-state index in [0.717, 1.165) is 54.3 Å². The minimum Gasteiger partial charge on any atom is -0.496 e. The fourth-order valence-corrected chi connectivity index (χ4v) is 7.26. The van der Waals surface area contributed by atoms with Gasteiger partial charge < -0.3 is 24.2 Å². The molecular weight excluding hydrogens is 667 g/mol. The molecule has 0 spiro atoms.